The van der Waals surface area contributed by atoms with Gasteiger partial charge in [-0.25, -0.2) is 0 Å². The maximum Gasteiger partial charge on any atom is 0.127 e. The van der Waals surface area contributed by atoms with Crippen molar-refractivity contribution in [1.29, 1.82) is 0 Å². The van der Waals surface area contributed by atoms with Crippen molar-refractivity contribution in [2.45, 2.75) is 53.4 Å². The van der Waals surface area contributed by atoms with Crippen LogP contribution in [0.15, 0.2) is 48.5 Å². The Bertz CT molecular complexity index is 593. The van der Waals surface area contributed by atoms with Gasteiger partial charge in [-0.15, -0.1) is 0 Å². The van der Waals surface area contributed by atoms with E-state index in [0.717, 1.165) is 24.3 Å². The second-order valence-corrected chi connectivity index (χ2v) is 7.24. The van der Waals surface area contributed by atoms with Crippen LogP contribution in [0.3, 0.4) is 0 Å². The van der Waals surface area contributed by atoms with Crippen molar-refractivity contribution in [1.82, 2.24) is 0 Å². The van der Waals surface area contributed by atoms with Crippen LogP contribution in [-0.2, 0) is 12.8 Å². The van der Waals surface area contributed by atoms with Gasteiger partial charge < -0.3 is 4.74 Å². The maximum absolute atomic E-state index is 6.05. The molecule has 0 saturated heterocycles. The van der Waals surface area contributed by atoms with Crippen LogP contribution < -0.4 is 4.74 Å². The molecule has 0 bridgehead atoms. The van der Waals surface area contributed by atoms with Gasteiger partial charge in [-0.3, -0.25) is 0 Å². The molecule has 0 N–H and O–H groups in total. The van der Waals surface area contributed by atoms with Crippen molar-refractivity contribution < 1.29 is 4.74 Å². The molecule has 0 fully saturated rings. The summed E-state index contributed by atoms with van der Waals surface area (Å²) in [6.07, 6.45) is 4.63. The Hall–Kier alpha value is -1.76. The highest BCUT2D eigenvalue weighted by molar-refractivity contribution is 5.36. The number of aryl methyl sites for hydroxylation is 1. The van der Waals surface area contributed by atoms with E-state index in [1.807, 2.05) is 12.1 Å². The molecule has 0 aliphatic heterocycles. The second-order valence-electron chi connectivity index (χ2n) is 7.24. The molecule has 22 heavy (non-hydrogen) atoms. The highest BCUT2D eigenvalue weighted by Gasteiger charge is 2.11. The Labute approximate surface area is 135 Å². The number of ether oxygens (including phenoxy) is 1. The van der Waals surface area contributed by atoms with Crippen LogP contribution >= 0.6 is 0 Å². The monoisotopic (exact) mass is 296 g/mol. The average molecular weight is 296 g/mol. The molecule has 0 heterocycles. The fourth-order valence-electron chi connectivity index (χ4n) is 2.61. The van der Waals surface area contributed by atoms with Crippen LogP contribution in [0, 0.1) is 5.41 Å². The van der Waals surface area contributed by atoms with Gasteiger partial charge in [0.1, 0.15) is 11.5 Å². The molecule has 0 unspecified atom stereocenters. The summed E-state index contributed by atoms with van der Waals surface area (Å²) in [6, 6.07) is 16.9. The minimum atomic E-state index is 0.290. The van der Waals surface area contributed by atoms with Gasteiger partial charge in [0.05, 0.1) is 0 Å². The number of rotatable bonds is 6. The van der Waals surface area contributed by atoms with Gasteiger partial charge in [0.15, 0.2) is 0 Å². The smallest absolute Gasteiger partial charge is 0.127 e. The standard InChI is InChI=1S/C21H28O/c1-5-6-9-17-10-7-12-19(14-17)22-20-13-8-11-18(15-20)16-21(2,3)4/h7-8,10-15H,5-6,9,16H2,1-4H3. The average Bonchev–Trinajstić information content (AvgIpc) is 2.44. The minimum absolute atomic E-state index is 0.290. The number of benzene rings is 2. The molecule has 0 radical (unpaired) electrons. The zero-order chi connectivity index (χ0) is 16.0. The first-order valence-corrected chi connectivity index (χ1v) is 8.32. The number of hydrogen-bond acceptors (Lipinski definition) is 1. The Morgan fingerprint density at radius 2 is 1.45 bits per heavy atom. The SMILES string of the molecule is CCCCc1cccc(Oc2cccc(CC(C)(C)C)c2)c1. The van der Waals surface area contributed by atoms with Crippen molar-refractivity contribution in [3.8, 4) is 11.5 Å². The van der Waals surface area contributed by atoms with Crippen molar-refractivity contribution in [2.75, 3.05) is 0 Å². The van der Waals surface area contributed by atoms with Gasteiger partial charge in [0.25, 0.3) is 0 Å². The Morgan fingerprint density at radius 3 is 2.05 bits per heavy atom. The van der Waals surface area contributed by atoms with Crippen molar-refractivity contribution >= 4 is 0 Å². The molecule has 0 aromatic heterocycles. The molecule has 2 rings (SSSR count). The highest BCUT2D eigenvalue weighted by atomic mass is 16.5. The van der Waals surface area contributed by atoms with Gasteiger partial charge in [0.2, 0.25) is 0 Å². The quantitative estimate of drug-likeness (QED) is 0.598. The van der Waals surface area contributed by atoms with Crippen LogP contribution in [0.25, 0.3) is 0 Å². The van der Waals surface area contributed by atoms with E-state index in [1.54, 1.807) is 0 Å². The fourth-order valence-corrected chi connectivity index (χ4v) is 2.61. The van der Waals surface area contributed by atoms with E-state index in [4.69, 9.17) is 4.74 Å². The van der Waals surface area contributed by atoms with E-state index in [0.29, 0.717) is 5.41 Å². The van der Waals surface area contributed by atoms with Crippen molar-refractivity contribution in [3.05, 3.63) is 59.7 Å². The van der Waals surface area contributed by atoms with E-state index >= 15 is 0 Å². The van der Waals surface area contributed by atoms with Gasteiger partial charge in [0, 0.05) is 0 Å². The minimum Gasteiger partial charge on any atom is -0.457 e. The Balaban J connectivity index is 2.08. The normalized spacial score (nSPS) is 11.5. The summed E-state index contributed by atoms with van der Waals surface area (Å²) in [5.74, 6) is 1.86. The fraction of sp³-hybridized carbons (Fsp3) is 0.429. The van der Waals surface area contributed by atoms with Gasteiger partial charge in [-0.2, -0.15) is 0 Å². The summed E-state index contributed by atoms with van der Waals surface area (Å²) in [6.45, 7) is 9.01. The number of hydrogen-bond donors (Lipinski definition) is 0. The molecular weight excluding hydrogens is 268 g/mol. The lowest BCUT2D eigenvalue weighted by molar-refractivity contribution is 0.409. The molecule has 0 spiro atoms. The molecular formula is C21H28O. The highest BCUT2D eigenvalue weighted by Crippen LogP contribution is 2.27. The maximum atomic E-state index is 6.05. The van der Waals surface area contributed by atoms with E-state index in [2.05, 4.69) is 64.1 Å². The molecule has 0 saturated carbocycles. The van der Waals surface area contributed by atoms with Crippen molar-refractivity contribution in [2.24, 2.45) is 5.41 Å². The predicted molar refractivity (Wildman–Crippen MR) is 94.7 cm³/mol. The first-order chi connectivity index (χ1) is 10.5. The molecule has 118 valence electrons. The van der Waals surface area contributed by atoms with Gasteiger partial charge >= 0.3 is 0 Å². The number of unbranched alkanes of at least 4 members (excludes halogenated alkanes) is 1. The van der Waals surface area contributed by atoms with Crippen LogP contribution in [0.1, 0.15) is 51.7 Å². The molecule has 0 amide bonds. The van der Waals surface area contributed by atoms with Gasteiger partial charge in [-0.05, 0) is 60.1 Å². The third kappa shape index (κ3) is 5.55. The molecule has 2 aromatic rings. The summed E-state index contributed by atoms with van der Waals surface area (Å²) in [4.78, 5) is 0. The molecule has 2 aromatic carbocycles. The Morgan fingerprint density at radius 1 is 0.864 bits per heavy atom. The molecule has 0 atom stereocenters. The predicted octanol–water partition coefficient (Wildman–Crippen LogP) is 6.41. The van der Waals surface area contributed by atoms with Crippen molar-refractivity contribution in [3.63, 3.8) is 0 Å². The molecule has 0 aliphatic carbocycles. The molecule has 1 nitrogen and oxygen atoms in total. The molecule has 1 heteroatoms. The van der Waals surface area contributed by atoms with E-state index in [1.165, 1.54) is 24.0 Å². The zero-order valence-corrected chi connectivity index (χ0v) is 14.4. The summed E-state index contributed by atoms with van der Waals surface area (Å²) < 4.78 is 6.05. The third-order valence-corrected chi connectivity index (χ3v) is 3.59. The molecule has 0 aliphatic rings. The summed E-state index contributed by atoms with van der Waals surface area (Å²) in [5.41, 5.74) is 2.97. The van der Waals surface area contributed by atoms with Crippen LogP contribution in [0.4, 0.5) is 0 Å². The lowest BCUT2D eigenvalue weighted by atomic mass is 9.88. The van der Waals surface area contributed by atoms with Crippen LogP contribution in [-0.4, -0.2) is 0 Å². The first kappa shape index (κ1) is 16.6. The van der Waals surface area contributed by atoms with Crippen LogP contribution in [0.2, 0.25) is 0 Å². The zero-order valence-electron chi connectivity index (χ0n) is 14.4. The summed E-state index contributed by atoms with van der Waals surface area (Å²) in [7, 11) is 0. The summed E-state index contributed by atoms with van der Waals surface area (Å²) >= 11 is 0. The van der Waals surface area contributed by atoms with E-state index < -0.39 is 0 Å². The van der Waals surface area contributed by atoms with Crippen LogP contribution in [0.5, 0.6) is 11.5 Å². The van der Waals surface area contributed by atoms with E-state index in [-0.39, 0.29) is 0 Å². The third-order valence-electron chi connectivity index (χ3n) is 3.59. The first-order valence-electron chi connectivity index (χ1n) is 8.32. The second kappa shape index (κ2) is 7.49. The largest absolute Gasteiger partial charge is 0.457 e. The summed E-state index contributed by atoms with van der Waals surface area (Å²) in [5, 5.41) is 0. The topological polar surface area (TPSA) is 9.23 Å². The van der Waals surface area contributed by atoms with Gasteiger partial charge in [-0.1, -0.05) is 58.4 Å². The Kier molecular flexibility index (Phi) is 5.65. The van der Waals surface area contributed by atoms with E-state index in [9.17, 15) is 0 Å². The lowest BCUT2D eigenvalue weighted by Gasteiger charge is -2.18. The lowest BCUT2D eigenvalue weighted by Crippen LogP contribution is -2.08.